The first-order chi connectivity index (χ1) is 8.73. The lowest BCUT2D eigenvalue weighted by Crippen LogP contribution is -2.22. The largest absolute Gasteiger partial charge is 0.507 e. The molecule has 0 aromatic heterocycles. The van der Waals surface area contributed by atoms with Gasteiger partial charge in [-0.1, -0.05) is 0 Å². The summed E-state index contributed by atoms with van der Waals surface area (Å²) in [5.74, 6) is -4.30. The predicted octanol–water partition coefficient (Wildman–Crippen LogP) is -0.335. The Hall–Kier alpha value is -2.32. The van der Waals surface area contributed by atoms with Gasteiger partial charge in [0.2, 0.25) is 0 Å². The van der Waals surface area contributed by atoms with Crippen LogP contribution in [0.25, 0.3) is 0 Å². The van der Waals surface area contributed by atoms with Gasteiger partial charge in [0.05, 0.1) is 23.7 Å². The Morgan fingerprint density at radius 1 is 1.05 bits per heavy atom. The summed E-state index contributed by atoms with van der Waals surface area (Å²) in [6.07, 6.45) is -4.43. The van der Waals surface area contributed by atoms with Gasteiger partial charge in [-0.05, 0) is 12.1 Å². The third-order valence-electron chi connectivity index (χ3n) is 2.43. The molecule has 0 bridgehead atoms. The van der Waals surface area contributed by atoms with Crippen molar-refractivity contribution in [3.05, 3.63) is 23.3 Å². The van der Waals surface area contributed by atoms with Crippen LogP contribution in [-0.4, -0.2) is 48.7 Å². The molecule has 6 N–H and O–H groups in total. The lowest BCUT2D eigenvalue weighted by molar-refractivity contribution is -0.141. The summed E-state index contributed by atoms with van der Waals surface area (Å²) >= 11 is 0. The second-order valence-electron chi connectivity index (χ2n) is 3.84. The van der Waals surface area contributed by atoms with E-state index in [1.807, 2.05) is 0 Å². The molecular weight excluding hydrogens is 260 g/mol. The van der Waals surface area contributed by atoms with Crippen LogP contribution in [0.5, 0.6) is 11.5 Å². The maximum Gasteiger partial charge on any atom is 0.335 e. The summed E-state index contributed by atoms with van der Waals surface area (Å²) in [6.45, 7) is 0. The molecule has 8 heteroatoms. The van der Waals surface area contributed by atoms with Crippen LogP contribution >= 0.6 is 0 Å². The van der Waals surface area contributed by atoms with Crippen molar-refractivity contribution < 1.29 is 40.2 Å². The Bertz CT molecular complexity index is 486. The second kappa shape index (κ2) is 5.55. The van der Waals surface area contributed by atoms with Crippen LogP contribution in [0.15, 0.2) is 12.1 Å². The number of benzene rings is 1. The van der Waals surface area contributed by atoms with E-state index in [0.29, 0.717) is 0 Å². The zero-order valence-electron chi connectivity index (χ0n) is 9.52. The third kappa shape index (κ3) is 3.33. The summed E-state index contributed by atoms with van der Waals surface area (Å²) in [7, 11) is 0. The smallest absolute Gasteiger partial charge is 0.335 e. The highest BCUT2D eigenvalue weighted by molar-refractivity contribution is 5.89. The van der Waals surface area contributed by atoms with Crippen molar-refractivity contribution in [3.8, 4) is 11.5 Å². The maximum absolute atomic E-state index is 10.7. The number of carbonyl (C=O) groups is 2. The molecule has 1 aromatic rings. The number of carboxylic acids is 2. The first-order valence-corrected chi connectivity index (χ1v) is 5.11. The van der Waals surface area contributed by atoms with Crippen molar-refractivity contribution in [2.75, 3.05) is 0 Å². The number of aromatic hydroxyl groups is 2. The minimum Gasteiger partial charge on any atom is -0.507 e. The fourth-order valence-electron chi connectivity index (χ4n) is 1.53. The van der Waals surface area contributed by atoms with Gasteiger partial charge in [0.1, 0.15) is 17.6 Å². The molecule has 1 rings (SSSR count). The summed E-state index contributed by atoms with van der Waals surface area (Å²) in [6, 6.07) is 1.54. The van der Waals surface area contributed by atoms with E-state index >= 15 is 0 Å². The van der Waals surface area contributed by atoms with Gasteiger partial charge in [0.15, 0.2) is 0 Å². The maximum atomic E-state index is 10.7. The number of phenolic OH excluding ortho intramolecular Hbond substituents is 2. The monoisotopic (exact) mass is 272 g/mol. The highest BCUT2D eigenvalue weighted by atomic mass is 16.4. The number of phenols is 2. The molecule has 0 spiro atoms. The van der Waals surface area contributed by atoms with Crippen molar-refractivity contribution in [1.29, 1.82) is 0 Å². The Balaban J connectivity index is 3.13. The van der Waals surface area contributed by atoms with Crippen molar-refractivity contribution in [1.82, 2.24) is 0 Å². The molecule has 0 fully saturated rings. The van der Waals surface area contributed by atoms with E-state index in [0.717, 1.165) is 12.1 Å². The standard InChI is InChI=1S/C11H12O8/c12-5-1-4(11(18)19)2-6(13)9(5)10(17)7(14)3-8(15)16/h1-2,7,10,12-14,17H,3H2,(H,15,16)(H,18,19). The van der Waals surface area contributed by atoms with Gasteiger partial charge in [0.25, 0.3) is 0 Å². The average Bonchev–Trinajstić information content (AvgIpc) is 2.26. The van der Waals surface area contributed by atoms with Crippen LogP contribution in [0.1, 0.15) is 28.4 Å². The highest BCUT2D eigenvalue weighted by Crippen LogP contribution is 2.36. The molecule has 0 amide bonds. The first-order valence-electron chi connectivity index (χ1n) is 5.11. The Labute approximate surface area is 106 Å². The molecular formula is C11H12O8. The third-order valence-corrected chi connectivity index (χ3v) is 2.43. The van der Waals surface area contributed by atoms with Gasteiger partial charge < -0.3 is 30.6 Å². The fourth-order valence-corrected chi connectivity index (χ4v) is 1.53. The lowest BCUT2D eigenvalue weighted by Gasteiger charge is -2.19. The van der Waals surface area contributed by atoms with Crippen LogP contribution in [-0.2, 0) is 4.79 Å². The molecule has 8 nitrogen and oxygen atoms in total. The van der Waals surface area contributed by atoms with Gasteiger partial charge in [0, 0.05) is 0 Å². The molecule has 0 saturated carbocycles. The summed E-state index contributed by atoms with van der Waals surface area (Å²) in [5.41, 5.74) is -0.947. The molecule has 2 unspecified atom stereocenters. The molecule has 0 aliphatic rings. The van der Waals surface area contributed by atoms with Gasteiger partial charge in [-0.15, -0.1) is 0 Å². The number of aliphatic hydroxyl groups excluding tert-OH is 2. The number of hydrogen-bond acceptors (Lipinski definition) is 6. The number of hydrogen-bond donors (Lipinski definition) is 6. The molecule has 19 heavy (non-hydrogen) atoms. The van der Waals surface area contributed by atoms with Crippen LogP contribution in [0.3, 0.4) is 0 Å². The normalized spacial score (nSPS) is 13.8. The van der Waals surface area contributed by atoms with Crippen LogP contribution in [0.2, 0.25) is 0 Å². The predicted molar refractivity (Wildman–Crippen MR) is 60.0 cm³/mol. The molecule has 0 aliphatic carbocycles. The topological polar surface area (TPSA) is 156 Å². The average molecular weight is 272 g/mol. The number of aromatic carboxylic acids is 1. The van der Waals surface area contributed by atoms with E-state index in [-0.39, 0.29) is 0 Å². The summed E-state index contributed by atoms with van der Waals surface area (Å²) in [4.78, 5) is 21.0. The summed E-state index contributed by atoms with van der Waals surface area (Å²) in [5, 5.41) is 55.3. The van der Waals surface area contributed by atoms with Gasteiger partial charge in [-0.3, -0.25) is 4.79 Å². The van der Waals surface area contributed by atoms with Gasteiger partial charge in [-0.25, -0.2) is 4.79 Å². The van der Waals surface area contributed by atoms with E-state index in [4.69, 9.17) is 10.2 Å². The van der Waals surface area contributed by atoms with Crippen molar-refractivity contribution >= 4 is 11.9 Å². The summed E-state index contributed by atoms with van der Waals surface area (Å²) < 4.78 is 0. The molecule has 0 radical (unpaired) electrons. The lowest BCUT2D eigenvalue weighted by atomic mass is 9.98. The SMILES string of the molecule is O=C(O)CC(O)C(O)c1c(O)cc(C(=O)O)cc1O. The van der Waals surface area contributed by atoms with Crippen LogP contribution < -0.4 is 0 Å². The highest BCUT2D eigenvalue weighted by Gasteiger charge is 2.27. The van der Waals surface area contributed by atoms with E-state index < -0.39 is 53.2 Å². The minimum atomic E-state index is -1.86. The zero-order chi connectivity index (χ0) is 14.7. The number of aliphatic hydroxyl groups is 2. The quantitative estimate of drug-likeness (QED) is 0.425. The van der Waals surface area contributed by atoms with E-state index in [2.05, 4.69) is 0 Å². The Morgan fingerprint density at radius 3 is 1.89 bits per heavy atom. The van der Waals surface area contributed by atoms with Gasteiger partial charge in [-0.2, -0.15) is 0 Å². The van der Waals surface area contributed by atoms with Crippen molar-refractivity contribution in [2.24, 2.45) is 0 Å². The number of aliphatic carboxylic acids is 1. The zero-order valence-corrected chi connectivity index (χ0v) is 9.52. The fraction of sp³-hybridized carbons (Fsp3) is 0.273. The number of rotatable bonds is 5. The molecule has 0 saturated heterocycles. The molecule has 104 valence electrons. The Kier molecular flexibility index (Phi) is 4.30. The van der Waals surface area contributed by atoms with Crippen molar-refractivity contribution in [3.63, 3.8) is 0 Å². The number of carboxylic acid groups (broad SMARTS) is 2. The molecule has 0 aliphatic heterocycles. The molecule has 0 heterocycles. The van der Waals surface area contributed by atoms with E-state index in [1.165, 1.54) is 0 Å². The van der Waals surface area contributed by atoms with E-state index in [1.54, 1.807) is 0 Å². The van der Waals surface area contributed by atoms with E-state index in [9.17, 15) is 30.0 Å². The second-order valence-corrected chi connectivity index (χ2v) is 3.84. The first kappa shape index (κ1) is 14.7. The molecule has 1 aromatic carbocycles. The minimum absolute atomic E-state index is 0.418. The van der Waals surface area contributed by atoms with Gasteiger partial charge >= 0.3 is 11.9 Å². The Morgan fingerprint density at radius 2 is 1.53 bits per heavy atom. The van der Waals surface area contributed by atoms with Crippen molar-refractivity contribution in [2.45, 2.75) is 18.6 Å². The van der Waals surface area contributed by atoms with Crippen LogP contribution in [0, 0.1) is 0 Å². The molecule has 2 atom stereocenters. The van der Waals surface area contributed by atoms with Crippen LogP contribution in [0.4, 0.5) is 0 Å².